The Hall–Kier alpha value is -1.54. The van der Waals surface area contributed by atoms with Gasteiger partial charge in [0.1, 0.15) is 0 Å². The quantitative estimate of drug-likeness (QED) is 0.679. The lowest BCUT2D eigenvalue weighted by Gasteiger charge is -2.06. The van der Waals surface area contributed by atoms with Crippen LogP contribution in [0.25, 0.3) is 0 Å². The third kappa shape index (κ3) is 4.75. The number of thioether (sulfide) groups is 1. The van der Waals surface area contributed by atoms with E-state index in [1.807, 2.05) is 12.1 Å². The second kappa shape index (κ2) is 7.46. The molecule has 0 fully saturated rings. The number of Topliss-reactive ketones (excluding diaryl/α,β-unsaturated/α-hetero) is 1. The van der Waals surface area contributed by atoms with Gasteiger partial charge in [0.25, 0.3) is 0 Å². The molecule has 0 aliphatic heterocycles. The van der Waals surface area contributed by atoms with Crippen molar-refractivity contribution < 1.29 is 4.79 Å². The molecule has 0 aliphatic rings. The van der Waals surface area contributed by atoms with E-state index in [1.54, 1.807) is 11.8 Å². The number of benzene rings is 2. The minimum Gasteiger partial charge on any atom is -0.293 e. The number of ketones is 1. The first-order valence-electron chi connectivity index (χ1n) is 7.32. The van der Waals surface area contributed by atoms with Crippen molar-refractivity contribution in [3.05, 3.63) is 70.8 Å². The van der Waals surface area contributed by atoms with Crippen LogP contribution in [0.3, 0.4) is 0 Å². The van der Waals surface area contributed by atoms with E-state index >= 15 is 0 Å². The summed E-state index contributed by atoms with van der Waals surface area (Å²) in [7, 11) is 0. The maximum absolute atomic E-state index is 12.2. The highest BCUT2D eigenvalue weighted by atomic mass is 32.2. The van der Waals surface area contributed by atoms with Gasteiger partial charge >= 0.3 is 0 Å². The summed E-state index contributed by atoms with van der Waals surface area (Å²) in [6.45, 7) is 6.42. The summed E-state index contributed by atoms with van der Waals surface area (Å²) in [4.78, 5) is 12.2. The number of hydrogen-bond donors (Lipinski definition) is 0. The average Bonchev–Trinajstić information content (AvgIpc) is 2.47. The molecular weight excluding hydrogens is 276 g/mol. The average molecular weight is 298 g/mol. The first-order chi connectivity index (χ1) is 10.1. The highest BCUT2D eigenvalue weighted by molar-refractivity contribution is 7.99. The van der Waals surface area contributed by atoms with Crippen molar-refractivity contribution in [2.45, 2.75) is 32.4 Å². The Morgan fingerprint density at radius 1 is 1.10 bits per heavy atom. The van der Waals surface area contributed by atoms with Crippen molar-refractivity contribution >= 4 is 17.5 Å². The maximum Gasteiger partial charge on any atom is 0.172 e. The first kappa shape index (κ1) is 15.8. The molecule has 0 aromatic heterocycles. The van der Waals surface area contributed by atoms with Crippen LogP contribution in [-0.2, 0) is 5.75 Å². The van der Waals surface area contributed by atoms with Crippen molar-refractivity contribution in [3.63, 3.8) is 0 Å². The van der Waals surface area contributed by atoms with Crippen LogP contribution in [0.1, 0.15) is 46.8 Å². The Kier molecular flexibility index (Phi) is 5.63. The topological polar surface area (TPSA) is 17.1 Å². The van der Waals surface area contributed by atoms with Gasteiger partial charge in [-0.25, -0.2) is 0 Å². The van der Waals surface area contributed by atoms with Crippen molar-refractivity contribution in [2.75, 3.05) is 5.75 Å². The Labute approximate surface area is 131 Å². The molecule has 0 radical (unpaired) electrons. The monoisotopic (exact) mass is 298 g/mol. The SMILES string of the molecule is Cc1cccc(CSCC(=O)c2ccc(C(C)C)cc2)c1. The minimum absolute atomic E-state index is 0.211. The van der Waals surface area contributed by atoms with Gasteiger partial charge in [0.2, 0.25) is 0 Å². The van der Waals surface area contributed by atoms with Crippen LogP contribution in [-0.4, -0.2) is 11.5 Å². The van der Waals surface area contributed by atoms with E-state index in [2.05, 4.69) is 57.2 Å². The zero-order valence-corrected chi connectivity index (χ0v) is 13.7. The molecule has 21 heavy (non-hydrogen) atoms. The summed E-state index contributed by atoms with van der Waals surface area (Å²) in [5.74, 6) is 2.14. The van der Waals surface area contributed by atoms with Crippen molar-refractivity contribution in [1.29, 1.82) is 0 Å². The molecule has 0 N–H and O–H groups in total. The first-order valence-corrected chi connectivity index (χ1v) is 8.48. The fourth-order valence-electron chi connectivity index (χ4n) is 2.20. The van der Waals surface area contributed by atoms with E-state index in [-0.39, 0.29) is 5.78 Å². The lowest BCUT2D eigenvalue weighted by Crippen LogP contribution is -2.03. The molecule has 110 valence electrons. The third-order valence-corrected chi connectivity index (χ3v) is 4.49. The second-order valence-corrected chi connectivity index (χ2v) is 6.67. The lowest BCUT2D eigenvalue weighted by atomic mass is 10.0. The number of carbonyl (C=O) groups excluding carboxylic acids is 1. The fourth-order valence-corrected chi connectivity index (χ4v) is 3.07. The van der Waals surface area contributed by atoms with Gasteiger partial charge in [0.15, 0.2) is 5.78 Å². The molecule has 0 saturated carbocycles. The van der Waals surface area contributed by atoms with Gasteiger partial charge in [-0.05, 0) is 24.0 Å². The summed E-state index contributed by atoms with van der Waals surface area (Å²) in [6.07, 6.45) is 0. The van der Waals surface area contributed by atoms with E-state index in [0.717, 1.165) is 11.3 Å². The summed E-state index contributed by atoms with van der Waals surface area (Å²) >= 11 is 1.68. The molecule has 0 bridgehead atoms. The molecule has 0 unspecified atom stereocenters. The van der Waals surface area contributed by atoms with Crippen LogP contribution in [0, 0.1) is 6.92 Å². The van der Waals surface area contributed by atoms with Crippen LogP contribution in [0.5, 0.6) is 0 Å². The van der Waals surface area contributed by atoms with E-state index in [4.69, 9.17) is 0 Å². The second-order valence-electron chi connectivity index (χ2n) is 5.68. The maximum atomic E-state index is 12.2. The molecule has 0 aliphatic carbocycles. The molecule has 2 heteroatoms. The number of hydrogen-bond acceptors (Lipinski definition) is 2. The number of aryl methyl sites for hydroxylation is 1. The van der Waals surface area contributed by atoms with Gasteiger partial charge in [-0.2, -0.15) is 0 Å². The standard InChI is InChI=1S/C19H22OS/c1-14(2)17-7-9-18(10-8-17)19(20)13-21-12-16-6-4-5-15(3)11-16/h4-11,14H,12-13H2,1-3H3. The van der Waals surface area contributed by atoms with Gasteiger partial charge in [0, 0.05) is 11.3 Å². The van der Waals surface area contributed by atoms with E-state index in [0.29, 0.717) is 11.7 Å². The van der Waals surface area contributed by atoms with E-state index in [1.165, 1.54) is 16.7 Å². The molecule has 2 aromatic rings. The summed E-state index contributed by atoms with van der Waals surface area (Å²) in [5, 5.41) is 0. The molecular formula is C19H22OS. The van der Waals surface area contributed by atoms with E-state index in [9.17, 15) is 4.79 Å². The van der Waals surface area contributed by atoms with Crippen LogP contribution in [0.2, 0.25) is 0 Å². The Bertz CT molecular complexity index is 599. The van der Waals surface area contributed by atoms with Crippen LogP contribution in [0.4, 0.5) is 0 Å². The highest BCUT2D eigenvalue weighted by Gasteiger charge is 2.07. The van der Waals surface area contributed by atoms with Crippen LogP contribution in [0.15, 0.2) is 48.5 Å². The summed E-state index contributed by atoms with van der Waals surface area (Å²) in [6, 6.07) is 16.5. The summed E-state index contributed by atoms with van der Waals surface area (Å²) in [5.41, 5.74) is 4.64. The van der Waals surface area contributed by atoms with Gasteiger partial charge in [-0.1, -0.05) is 67.9 Å². The smallest absolute Gasteiger partial charge is 0.172 e. The molecule has 0 atom stereocenters. The van der Waals surface area contributed by atoms with Crippen molar-refractivity contribution in [2.24, 2.45) is 0 Å². The predicted molar refractivity (Wildman–Crippen MR) is 92.2 cm³/mol. The molecule has 0 saturated heterocycles. The molecule has 2 rings (SSSR count). The molecule has 0 amide bonds. The summed E-state index contributed by atoms with van der Waals surface area (Å²) < 4.78 is 0. The largest absolute Gasteiger partial charge is 0.293 e. The minimum atomic E-state index is 0.211. The van der Waals surface area contributed by atoms with Crippen LogP contribution < -0.4 is 0 Å². The van der Waals surface area contributed by atoms with Gasteiger partial charge in [-0.15, -0.1) is 11.8 Å². The molecule has 2 aromatic carbocycles. The predicted octanol–water partition coefficient (Wildman–Crippen LogP) is 5.23. The molecule has 1 nitrogen and oxygen atoms in total. The zero-order chi connectivity index (χ0) is 15.2. The Balaban J connectivity index is 1.87. The van der Waals surface area contributed by atoms with Crippen molar-refractivity contribution in [3.8, 4) is 0 Å². The van der Waals surface area contributed by atoms with Crippen LogP contribution >= 0.6 is 11.8 Å². The lowest BCUT2D eigenvalue weighted by molar-refractivity contribution is 0.102. The molecule has 0 spiro atoms. The Morgan fingerprint density at radius 3 is 2.43 bits per heavy atom. The van der Waals surface area contributed by atoms with Gasteiger partial charge < -0.3 is 0 Å². The van der Waals surface area contributed by atoms with E-state index < -0.39 is 0 Å². The Morgan fingerprint density at radius 2 is 1.81 bits per heavy atom. The highest BCUT2D eigenvalue weighted by Crippen LogP contribution is 2.18. The van der Waals surface area contributed by atoms with Gasteiger partial charge in [-0.3, -0.25) is 4.79 Å². The third-order valence-electron chi connectivity index (χ3n) is 3.48. The number of rotatable bonds is 6. The van der Waals surface area contributed by atoms with Gasteiger partial charge in [0.05, 0.1) is 5.75 Å². The fraction of sp³-hybridized carbons (Fsp3) is 0.316. The molecule has 0 heterocycles. The number of carbonyl (C=O) groups is 1. The normalized spacial score (nSPS) is 10.9. The zero-order valence-electron chi connectivity index (χ0n) is 12.9. The van der Waals surface area contributed by atoms with Crippen molar-refractivity contribution in [1.82, 2.24) is 0 Å².